The summed E-state index contributed by atoms with van der Waals surface area (Å²) in [6.07, 6.45) is 1.34. The van der Waals surface area contributed by atoms with Gasteiger partial charge in [0.15, 0.2) is 0 Å². The molecule has 0 aromatic carbocycles. The number of rotatable bonds is 11. The van der Waals surface area contributed by atoms with Crippen LogP contribution < -0.4 is 0 Å². The number of aldehydes is 1. The highest BCUT2D eigenvalue weighted by Gasteiger charge is 2.41. The van der Waals surface area contributed by atoms with Crippen LogP contribution in [0.25, 0.3) is 0 Å². The van der Waals surface area contributed by atoms with Gasteiger partial charge in [0.25, 0.3) is 0 Å². The minimum atomic E-state index is -0.392. The Morgan fingerprint density at radius 2 is 2.16 bits per heavy atom. The van der Waals surface area contributed by atoms with Crippen LogP contribution in [-0.2, 0) is 28.6 Å². The molecule has 110 valence electrons. The first kappa shape index (κ1) is 16.0. The number of amides is 1. The molecular weight excluding hydrogens is 254 g/mol. The average Bonchev–Trinajstić information content (AvgIpc) is 3.13. The predicted molar refractivity (Wildman–Crippen MR) is 65.1 cm³/mol. The van der Waals surface area contributed by atoms with Crippen LogP contribution in [0.3, 0.4) is 0 Å². The number of ether oxygens (including phenoxy) is 3. The first-order chi connectivity index (χ1) is 9.19. The molecule has 0 bridgehead atoms. The van der Waals surface area contributed by atoms with E-state index in [9.17, 15) is 9.59 Å². The molecule has 7 heteroatoms. The molecule has 2 atom stereocenters. The van der Waals surface area contributed by atoms with Crippen LogP contribution in [-0.4, -0.2) is 63.6 Å². The second kappa shape index (κ2) is 8.98. The number of nitrogens with zero attached hydrogens (tertiary/aromatic N) is 1. The predicted octanol–water partition coefficient (Wildman–Crippen LogP) is 0.133. The van der Waals surface area contributed by atoms with Crippen molar-refractivity contribution in [3.63, 3.8) is 0 Å². The summed E-state index contributed by atoms with van der Waals surface area (Å²) >= 11 is 0. The third-order valence-electron chi connectivity index (χ3n) is 2.60. The van der Waals surface area contributed by atoms with E-state index >= 15 is 0 Å². The Labute approximate surface area is 112 Å². The first-order valence-electron chi connectivity index (χ1n) is 6.28. The Morgan fingerprint density at radius 1 is 1.37 bits per heavy atom. The normalized spacial score (nSPS) is 21.2. The fraction of sp³-hybridized carbons (Fsp3) is 0.833. The molecule has 1 heterocycles. The van der Waals surface area contributed by atoms with Crippen molar-refractivity contribution < 1.29 is 28.6 Å². The molecule has 1 fully saturated rings. The molecule has 1 aliphatic heterocycles. The van der Waals surface area contributed by atoms with Gasteiger partial charge in [-0.2, -0.15) is 0 Å². The molecule has 2 unspecified atom stereocenters. The van der Waals surface area contributed by atoms with Gasteiger partial charge in [0, 0.05) is 40.0 Å². The second-order valence-corrected chi connectivity index (χ2v) is 4.14. The zero-order chi connectivity index (χ0) is 14.1. The Hall–Kier alpha value is -1.02. The maximum Gasteiger partial charge on any atom is 0.246 e. The molecule has 7 nitrogen and oxygen atoms in total. The minimum Gasteiger partial charge on any atom is -0.382 e. The van der Waals surface area contributed by atoms with E-state index in [2.05, 4.69) is 0 Å². The van der Waals surface area contributed by atoms with E-state index in [1.165, 1.54) is 7.05 Å². The lowest BCUT2D eigenvalue weighted by molar-refractivity contribution is -0.194. The van der Waals surface area contributed by atoms with Gasteiger partial charge in [-0.3, -0.25) is 4.79 Å². The van der Waals surface area contributed by atoms with Gasteiger partial charge >= 0.3 is 0 Å². The van der Waals surface area contributed by atoms with Gasteiger partial charge in [0.2, 0.25) is 12.2 Å². The summed E-state index contributed by atoms with van der Waals surface area (Å²) in [6.45, 7) is 1.69. The van der Waals surface area contributed by atoms with E-state index in [4.69, 9.17) is 19.0 Å². The van der Waals surface area contributed by atoms with E-state index in [1.54, 1.807) is 7.11 Å². The molecule has 0 aromatic rings. The highest BCUT2D eigenvalue weighted by molar-refractivity contribution is 5.77. The summed E-state index contributed by atoms with van der Waals surface area (Å²) in [4.78, 5) is 26.9. The van der Waals surface area contributed by atoms with Crippen LogP contribution in [0.4, 0.5) is 0 Å². The maximum absolute atomic E-state index is 11.5. The van der Waals surface area contributed by atoms with Gasteiger partial charge < -0.3 is 19.0 Å². The van der Waals surface area contributed by atoms with Gasteiger partial charge in [-0.25, -0.2) is 9.90 Å². The highest BCUT2D eigenvalue weighted by Crippen LogP contribution is 2.27. The molecule has 0 aliphatic carbocycles. The van der Waals surface area contributed by atoms with Gasteiger partial charge in [0.1, 0.15) is 12.4 Å². The van der Waals surface area contributed by atoms with Crippen LogP contribution in [0.5, 0.6) is 0 Å². The Bertz CT molecular complexity index is 285. The SMILES string of the molecule is COCCOCCC1OC1ON(C)C(=O)CCC=O. The molecule has 1 saturated heterocycles. The zero-order valence-corrected chi connectivity index (χ0v) is 11.4. The maximum atomic E-state index is 11.5. The molecule has 0 radical (unpaired) electrons. The van der Waals surface area contributed by atoms with Gasteiger partial charge in [0.05, 0.1) is 13.2 Å². The molecule has 1 rings (SSSR count). The fourth-order valence-electron chi connectivity index (χ4n) is 1.42. The van der Waals surface area contributed by atoms with Crippen LogP contribution in [0.15, 0.2) is 0 Å². The lowest BCUT2D eigenvalue weighted by Crippen LogP contribution is -2.28. The van der Waals surface area contributed by atoms with Crippen LogP contribution >= 0.6 is 0 Å². The highest BCUT2D eigenvalue weighted by atomic mass is 16.9. The largest absolute Gasteiger partial charge is 0.382 e. The van der Waals surface area contributed by atoms with Crippen LogP contribution in [0.1, 0.15) is 19.3 Å². The van der Waals surface area contributed by atoms with Crippen molar-refractivity contribution in [1.29, 1.82) is 0 Å². The number of hydrogen-bond acceptors (Lipinski definition) is 6. The van der Waals surface area contributed by atoms with Crippen molar-refractivity contribution in [3.05, 3.63) is 0 Å². The van der Waals surface area contributed by atoms with E-state index < -0.39 is 6.29 Å². The van der Waals surface area contributed by atoms with Crippen molar-refractivity contribution >= 4 is 12.2 Å². The summed E-state index contributed by atoms with van der Waals surface area (Å²) in [7, 11) is 3.13. The quantitative estimate of drug-likeness (QED) is 0.231. The number of hydrogen-bond donors (Lipinski definition) is 0. The molecule has 0 aromatic heterocycles. The van der Waals surface area contributed by atoms with Gasteiger partial charge in [-0.15, -0.1) is 0 Å². The number of hydroxylamine groups is 2. The second-order valence-electron chi connectivity index (χ2n) is 4.14. The minimum absolute atomic E-state index is 0.0381. The standard InChI is InChI=1S/C12H21NO6/c1-13(11(15)4-3-6-14)19-12-10(18-12)5-7-17-9-8-16-2/h6,10,12H,3-5,7-9H2,1-2H3. The van der Waals surface area contributed by atoms with Crippen LogP contribution in [0, 0.1) is 0 Å². The third kappa shape index (κ3) is 6.63. The Balaban J connectivity index is 2.03. The third-order valence-corrected chi connectivity index (χ3v) is 2.60. The van der Waals surface area contributed by atoms with E-state index in [-0.39, 0.29) is 24.9 Å². The number of methoxy groups -OCH3 is 1. The molecule has 0 saturated carbocycles. The van der Waals surface area contributed by atoms with Crippen molar-refractivity contribution in [1.82, 2.24) is 5.06 Å². The zero-order valence-electron chi connectivity index (χ0n) is 11.4. The van der Waals surface area contributed by atoms with Crippen molar-refractivity contribution in [2.75, 3.05) is 34.0 Å². The number of carbonyl (C=O) groups is 2. The van der Waals surface area contributed by atoms with E-state index in [0.717, 1.165) is 5.06 Å². The fourth-order valence-corrected chi connectivity index (χ4v) is 1.42. The smallest absolute Gasteiger partial charge is 0.246 e. The summed E-state index contributed by atoms with van der Waals surface area (Å²) in [5, 5.41) is 1.12. The molecule has 0 N–H and O–H groups in total. The topological polar surface area (TPSA) is 77.6 Å². The van der Waals surface area contributed by atoms with Crippen LogP contribution in [0.2, 0.25) is 0 Å². The summed E-state index contributed by atoms with van der Waals surface area (Å²) in [5.74, 6) is -0.238. The summed E-state index contributed by atoms with van der Waals surface area (Å²) in [5.41, 5.74) is 0. The Kier molecular flexibility index (Phi) is 7.57. The van der Waals surface area contributed by atoms with Crippen molar-refractivity contribution in [3.8, 4) is 0 Å². The Morgan fingerprint density at radius 3 is 2.84 bits per heavy atom. The van der Waals surface area contributed by atoms with Gasteiger partial charge in [-0.05, 0) is 0 Å². The lowest BCUT2D eigenvalue weighted by atomic mass is 10.3. The average molecular weight is 275 g/mol. The summed E-state index contributed by atoms with van der Waals surface area (Å²) < 4.78 is 15.4. The molecule has 1 amide bonds. The number of carbonyl (C=O) groups excluding carboxylic acids is 2. The lowest BCUT2D eigenvalue weighted by Gasteiger charge is -2.14. The van der Waals surface area contributed by atoms with Gasteiger partial charge in [-0.1, -0.05) is 0 Å². The van der Waals surface area contributed by atoms with E-state index in [0.29, 0.717) is 32.5 Å². The monoisotopic (exact) mass is 275 g/mol. The molecule has 19 heavy (non-hydrogen) atoms. The van der Waals surface area contributed by atoms with Crippen molar-refractivity contribution in [2.45, 2.75) is 31.7 Å². The molecule has 0 spiro atoms. The molecule has 1 aliphatic rings. The summed E-state index contributed by atoms with van der Waals surface area (Å²) in [6, 6.07) is 0. The molecular formula is C12H21NO6. The van der Waals surface area contributed by atoms with E-state index in [1.807, 2.05) is 0 Å². The van der Waals surface area contributed by atoms with Crippen molar-refractivity contribution in [2.24, 2.45) is 0 Å². The first-order valence-corrected chi connectivity index (χ1v) is 6.28. The number of epoxide rings is 1.